The highest BCUT2D eigenvalue weighted by Gasteiger charge is 2.34. The van der Waals surface area contributed by atoms with Crippen LogP contribution in [0.4, 0.5) is 13.2 Å². The fourth-order valence-electron chi connectivity index (χ4n) is 1.73. The van der Waals surface area contributed by atoms with E-state index >= 15 is 0 Å². The van der Waals surface area contributed by atoms with Crippen molar-refractivity contribution in [2.45, 2.75) is 19.0 Å². The number of aliphatic carboxylic acids is 1. The largest absolute Gasteiger partial charge is 0.481 e. The molecule has 0 bridgehead atoms. The molecule has 0 radical (unpaired) electrons. The van der Waals surface area contributed by atoms with Crippen LogP contribution in [0.2, 0.25) is 0 Å². The Morgan fingerprint density at radius 3 is 2.60 bits per heavy atom. The van der Waals surface area contributed by atoms with Gasteiger partial charge in [0, 0.05) is 0 Å². The quantitative estimate of drug-likeness (QED) is 0.886. The van der Waals surface area contributed by atoms with Crippen molar-refractivity contribution in [3.05, 3.63) is 39.9 Å². The highest BCUT2D eigenvalue weighted by atomic mass is 19.4. The molecule has 0 amide bonds. The molecule has 2 N–H and O–H groups in total. The van der Waals surface area contributed by atoms with Crippen molar-refractivity contribution in [2.24, 2.45) is 0 Å². The molecule has 20 heavy (non-hydrogen) atoms. The van der Waals surface area contributed by atoms with Gasteiger partial charge in [-0.1, -0.05) is 6.07 Å². The molecular weight excluding hydrogens is 277 g/mol. The van der Waals surface area contributed by atoms with Gasteiger partial charge in [-0.2, -0.15) is 13.2 Å². The van der Waals surface area contributed by atoms with E-state index in [1.54, 1.807) is 0 Å². The third kappa shape index (κ3) is 2.36. The van der Waals surface area contributed by atoms with E-state index in [4.69, 9.17) is 5.11 Å². The minimum absolute atomic E-state index is 0.235. The van der Waals surface area contributed by atoms with Crippen molar-refractivity contribution < 1.29 is 23.1 Å². The van der Waals surface area contributed by atoms with Crippen LogP contribution in [0.3, 0.4) is 0 Å². The number of nitrogens with zero attached hydrogens (tertiary/aromatic N) is 1. The van der Waals surface area contributed by atoms with Gasteiger partial charge in [0.1, 0.15) is 11.7 Å². The molecule has 5 nitrogen and oxygen atoms in total. The van der Waals surface area contributed by atoms with Crippen molar-refractivity contribution in [3.8, 4) is 0 Å². The molecular formula is C12H9F3N2O3. The fraction of sp³-hybridized carbons (Fsp3) is 0.250. The van der Waals surface area contributed by atoms with Gasteiger partial charge in [-0.25, -0.2) is 4.98 Å². The van der Waals surface area contributed by atoms with Gasteiger partial charge in [-0.3, -0.25) is 9.59 Å². The predicted molar refractivity (Wildman–Crippen MR) is 63.4 cm³/mol. The number of hydrogen-bond acceptors (Lipinski definition) is 3. The van der Waals surface area contributed by atoms with Gasteiger partial charge < -0.3 is 10.1 Å². The minimum Gasteiger partial charge on any atom is -0.481 e. The Morgan fingerprint density at radius 2 is 2.05 bits per heavy atom. The number of carboxylic acid groups (broad SMARTS) is 1. The predicted octanol–water partition coefficient (Wildman–Crippen LogP) is 2.13. The number of carboxylic acids is 1. The van der Waals surface area contributed by atoms with Crippen LogP contribution < -0.4 is 5.56 Å². The van der Waals surface area contributed by atoms with Gasteiger partial charge in [0.2, 0.25) is 0 Å². The third-order valence-corrected chi connectivity index (χ3v) is 2.84. The Hall–Kier alpha value is -2.38. The first-order valence-electron chi connectivity index (χ1n) is 5.54. The lowest BCUT2D eigenvalue weighted by atomic mass is 10.1. The average Bonchev–Trinajstić information content (AvgIpc) is 2.35. The van der Waals surface area contributed by atoms with E-state index in [1.807, 2.05) is 0 Å². The monoisotopic (exact) mass is 286 g/mol. The molecule has 0 aliphatic carbocycles. The molecule has 1 aromatic carbocycles. The van der Waals surface area contributed by atoms with Crippen LogP contribution in [-0.2, 0) is 11.0 Å². The first-order chi connectivity index (χ1) is 9.21. The maximum absolute atomic E-state index is 12.9. The molecule has 0 saturated carbocycles. The second kappa shape index (κ2) is 4.62. The Morgan fingerprint density at radius 1 is 1.40 bits per heavy atom. The molecule has 1 atom stereocenters. The van der Waals surface area contributed by atoms with Crippen molar-refractivity contribution in [3.63, 3.8) is 0 Å². The number of hydrogen-bond donors (Lipinski definition) is 2. The standard InChI is InChI=1S/C12H9F3N2O3/c1-5(11(19)20)9-16-8-6(10(18)17-9)3-2-4-7(8)12(13,14)15/h2-5H,1H3,(H,19,20)(H,16,17,18). The number of para-hydroxylation sites is 1. The summed E-state index contributed by atoms with van der Waals surface area (Å²) in [6.07, 6.45) is -4.68. The number of benzene rings is 1. The zero-order valence-electron chi connectivity index (χ0n) is 10.2. The highest BCUT2D eigenvalue weighted by molar-refractivity contribution is 5.82. The molecule has 0 saturated heterocycles. The van der Waals surface area contributed by atoms with E-state index in [9.17, 15) is 22.8 Å². The average molecular weight is 286 g/mol. The second-order valence-corrected chi connectivity index (χ2v) is 4.21. The number of H-pyrrole nitrogens is 1. The maximum atomic E-state index is 12.9. The smallest absolute Gasteiger partial charge is 0.418 e. The second-order valence-electron chi connectivity index (χ2n) is 4.21. The Kier molecular flexibility index (Phi) is 3.24. The van der Waals surface area contributed by atoms with Crippen LogP contribution in [0.1, 0.15) is 24.2 Å². The van der Waals surface area contributed by atoms with Crippen LogP contribution in [0.5, 0.6) is 0 Å². The number of nitrogens with one attached hydrogen (secondary N) is 1. The fourth-order valence-corrected chi connectivity index (χ4v) is 1.73. The first-order valence-corrected chi connectivity index (χ1v) is 5.54. The molecule has 2 aromatic rings. The summed E-state index contributed by atoms with van der Waals surface area (Å²) in [7, 11) is 0. The van der Waals surface area contributed by atoms with Crippen LogP contribution in [-0.4, -0.2) is 21.0 Å². The third-order valence-electron chi connectivity index (χ3n) is 2.84. The van der Waals surface area contributed by atoms with Crippen molar-refractivity contribution in [1.29, 1.82) is 0 Å². The zero-order chi connectivity index (χ0) is 15.1. The molecule has 0 aliphatic heterocycles. The van der Waals surface area contributed by atoms with E-state index in [-0.39, 0.29) is 11.2 Å². The van der Waals surface area contributed by atoms with Crippen molar-refractivity contribution >= 4 is 16.9 Å². The van der Waals surface area contributed by atoms with Crippen LogP contribution in [0.25, 0.3) is 10.9 Å². The summed E-state index contributed by atoms with van der Waals surface area (Å²) in [5, 5.41) is 8.61. The van der Waals surface area contributed by atoms with Gasteiger partial charge >= 0.3 is 12.1 Å². The van der Waals surface area contributed by atoms with Gasteiger partial charge in [0.15, 0.2) is 0 Å². The minimum atomic E-state index is -4.68. The summed E-state index contributed by atoms with van der Waals surface area (Å²) in [6.45, 7) is 1.22. The number of carbonyl (C=O) groups is 1. The maximum Gasteiger partial charge on any atom is 0.418 e. The Bertz CT molecular complexity index is 737. The van der Waals surface area contributed by atoms with E-state index in [0.717, 1.165) is 12.1 Å². The molecule has 0 spiro atoms. The summed E-state index contributed by atoms with van der Waals surface area (Å²) < 4.78 is 38.6. The molecule has 0 aliphatic rings. The molecule has 1 aromatic heterocycles. The van der Waals surface area contributed by atoms with Crippen LogP contribution >= 0.6 is 0 Å². The summed E-state index contributed by atoms with van der Waals surface area (Å²) in [5.41, 5.74) is -2.42. The topological polar surface area (TPSA) is 83.0 Å². The number of aromatic nitrogens is 2. The van der Waals surface area contributed by atoms with E-state index in [1.165, 1.54) is 13.0 Å². The number of aromatic amines is 1. The van der Waals surface area contributed by atoms with Gasteiger partial charge in [0.05, 0.1) is 16.5 Å². The first kappa shape index (κ1) is 14.0. The van der Waals surface area contributed by atoms with Crippen LogP contribution in [0.15, 0.2) is 23.0 Å². The molecule has 8 heteroatoms. The van der Waals surface area contributed by atoms with E-state index in [0.29, 0.717) is 0 Å². The highest BCUT2D eigenvalue weighted by Crippen LogP contribution is 2.33. The van der Waals surface area contributed by atoms with Gasteiger partial charge in [-0.05, 0) is 19.1 Å². The zero-order valence-corrected chi connectivity index (χ0v) is 10.2. The summed E-state index contributed by atoms with van der Waals surface area (Å²) in [5.74, 6) is -2.82. The van der Waals surface area contributed by atoms with Crippen molar-refractivity contribution in [2.75, 3.05) is 0 Å². The molecule has 106 valence electrons. The van der Waals surface area contributed by atoms with E-state index < -0.39 is 34.7 Å². The molecule has 1 heterocycles. The number of fused-ring (bicyclic) bond motifs is 1. The summed E-state index contributed by atoms with van der Waals surface area (Å²) >= 11 is 0. The summed E-state index contributed by atoms with van der Waals surface area (Å²) in [6, 6.07) is 3.10. The van der Waals surface area contributed by atoms with Crippen molar-refractivity contribution in [1.82, 2.24) is 9.97 Å². The van der Waals surface area contributed by atoms with E-state index in [2.05, 4.69) is 9.97 Å². The number of halogens is 3. The van der Waals surface area contributed by atoms with Gasteiger partial charge in [0.25, 0.3) is 5.56 Å². The number of rotatable bonds is 2. The molecule has 2 rings (SSSR count). The molecule has 0 fully saturated rings. The van der Waals surface area contributed by atoms with Crippen LogP contribution in [0, 0.1) is 0 Å². The lowest BCUT2D eigenvalue weighted by molar-refractivity contribution is -0.138. The Labute approximate surface area is 110 Å². The molecule has 1 unspecified atom stereocenters. The number of alkyl halides is 3. The van der Waals surface area contributed by atoms with Gasteiger partial charge in [-0.15, -0.1) is 0 Å². The lowest BCUT2D eigenvalue weighted by Crippen LogP contribution is -2.19. The SMILES string of the molecule is CC(C(=O)O)c1nc2c(C(F)(F)F)cccc2c(=O)[nH]1. The summed E-state index contributed by atoms with van der Waals surface area (Å²) in [4.78, 5) is 28.5. The Balaban J connectivity index is 2.81. The normalized spacial score (nSPS) is 13.4. The lowest BCUT2D eigenvalue weighted by Gasteiger charge is -2.11.